The first-order chi connectivity index (χ1) is 8.97. The maximum atomic E-state index is 13.6. The predicted molar refractivity (Wildman–Crippen MR) is 71.9 cm³/mol. The van der Waals surface area contributed by atoms with Gasteiger partial charge in [0, 0.05) is 5.56 Å². The second kappa shape index (κ2) is 5.10. The number of aryl methyl sites for hydroxylation is 2. The highest BCUT2D eigenvalue weighted by atomic mass is 19.1. The van der Waals surface area contributed by atoms with E-state index in [1.807, 2.05) is 0 Å². The van der Waals surface area contributed by atoms with Gasteiger partial charge in [-0.3, -0.25) is 4.79 Å². The van der Waals surface area contributed by atoms with Crippen molar-refractivity contribution in [2.24, 2.45) is 0 Å². The van der Waals surface area contributed by atoms with E-state index < -0.39 is 11.7 Å². The van der Waals surface area contributed by atoms with E-state index in [4.69, 9.17) is 0 Å². The Bertz CT molecular complexity index is 638. The van der Waals surface area contributed by atoms with Gasteiger partial charge in [0.15, 0.2) is 0 Å². The van der Waals surface area contributed by atoms with Crippen LogP contribution in [0.2, 0.25) is 0 Å². The molecule has 4 heteroatoms. The number of phenolic OH excluding ortho intramolecular Hbond substituents is 1. The van der Waals surface area contributed by atoms with E-state index in [0.717, 1.165) is 5.56 Å². The summed E-state index contributed by atoms with van der Waals surface area (Å²) in [7, 11) is 0. The molecular formula is C15H14FNO2. The van der Waals surface area contributed by atoms with Gasteiger partial charge in [0.25, 0.3) is 5.91 Å². The molecule has 0 aliphatic heterocycles. The molecule has 0 aliphatic carbocycles. The summed E-state index contributed by atoms with van der Waals surface area (Å²) in [5, 5.41) is 12.0. The first-order valence-electron chi connectivity index (χ1n) is 5.84. The fourth-order valence-electron chi connectivity index (χ4n) is 1.67. The van der Waals surface area contributed by atoms with Gasteiger partial charge in [0.2, 0.25) is 0 Å². The summed E-state index contributed by atoms with van der Waals surface area (Å²) >= 11 is 0. The molecule has 0 aromatic heterocycles. The van der Waals surface area contributed by atoms with E-state index in [1.54, 1.807) is 32.0 Å². The van der Waals surface area contributed by atoms with Gasteiger partial charge < -0.3 is 10.4 Å². The van der Waals surface area contributed by atoms with E-state index in [9.17, 15) is 14.3 Å². The second-order valence-electron chi connectivity index (χ2n) is 4.44. The highest BCUT2D eigenvalue weighted by Gasteiger charge is 2.10. The van der Waals surface area contributed by atoms with Crippen molar-refractivity contribution < 1.29 is 14.3 Å². The van der Waals surface area contributed by atoms with Crippen LogP contribution >= 0.6 is 0 Å². The summed E-state index contributed by atoms with van der Waals surface area (Å²) in [5.74, 6) is -0.903. The molecule has 0 atom stereocenters. The number of hydrogen-bond acceptors (Lipinski definition) is 2. The van der Waals surface area contributed by atoms with Gasteiger partial charge in [0.05, 0.1) is 5.69 Å². The zero-order valence-corrected chi connectivity index (χ0v) is 10.7. The van der Waals surface area contributed by atoms with Crippen molar-refractivity contribution in [1.29, 1.82) is 0 Å². The Kier molecular flexibility index (Phi) is 3.51. The molecular weight excluding hydrogens is 245 g/mol. The third-order valence-corrected chi connectivity index (χ3v) is 2.84. The fraction of sp³-hybridized carbons (Fsp3) is 0.133. The number of phenols is 1. The zero-order valence-electron chi connectivity index (χ0n) is 10.7. The molecule has 1 amide bonds. The summed E-state index contributed by atoms with van der Waals surface area (Å²) in [4.78, 5) is 11.9. The standard InChI is InChI=1S/C15H14FNO2/c1-9-3-6-13(12(16)7-9)17-15(19)11-5-4-10(2)14(18)8-11/h3-8,18H,1-2H3,(H,17,19). The number of benzene rings is 2. The molecule has 2 rings (SSSR count). The molecule has 0 fully saturated rings. The smallest absolute Gasteiger partial charge is 0.255 e. The van der Waals surface area contributed by atoms with Crippen molar-refractivity contribution >= 4 is 11.6 Å². The van der Waals surface area contributed by atoms with Crippen LogP contribution in [0.5, 0.6) is 5.75 Å². The lowest BCUT2D eigenvalue weighted by Crippen LogP contribution is -2.13. The van der Waals surface area contributed by atoms with Crippen LogP contribution in [0.4, 0.5) is 10.1 Å². The minimum Gasteiger partial charge on any atom is -0.508 e. The number of anilines is 1. The Morgan fingerprint density at radius 1 is 1.16 bits per heavy atom. The van der Waals surface area contributed by atoms with E-state index in [1.165, 1.54) is 18.2 Å². The molecule has 98 valence electrons. The van der Waals surface area contributed by atoms with E-state index in [-0.39, 0.29) is 17.0 Å². The molecule has 0 heterocycles. The molecule has 2 aromatic carbocycles. The van der Waals surface area contributed by atoms with Crippen LogP contribution in [0.15, 0.2) is 36.4 Å². The number of carbonyl (C=O) groups is 1. The number of aromatic hydroxyl groups is 1. The lowest BCUT2D eigenvalue weighted by molar-refractivity contribution is 0.102. The maximum Gasteiger partial charge on any atom is 0.255 e. The van der Waals surface area contributed by atoms with Crippen molar-refractivity contribution in [2.75, 3.05) is 5.32 Å². The van der Waals surface area contributed by atoms with Crippen molar-refractivity contribution in [2.45, 2.75) is 13.8 Å². The molecule has 0 bridgehead atoms. The van der Waals surface area contributed by atoms with E-state index in [0.29, 0.717) is 5.56 Å². The van der Waals surface area contributed by atoms with Crippen LogP contribution in [0.1, 0.15) is 21.5 Å². The molecule has 3 nitrogen and oxygen atoms in total. The Morgan fingerprint density at radius 2 is 1.89 bits per heavy atom. The van der Waals surface area contributed by atoms with Crippen molar-refractivity contribution in [3.63, 3.8) is 0 Å². The minimum atomic E-state index is -0.482. The molecule has 0 spiro atoms. The molecule has 0 saturated carbocycles. The zero-order chi connectivity index (χ0) is 14.0. The molecule has 0 aliphatic rings. The van der Waals surface area contributed by atoms with Crippen molar-refractivity contribution in [3.8, 4) is 5.75 Å². The summed E-state index contributed by atoms with van der Waals surface area (Å²) < 4.78 is 13.6. The molecule has 0 unspecified atom stereocenters. The van der Waals surface area contributed by atoms with Crippen LogP contribution in [0, 0.1) is 19.7 Å². The number of rotatable bonds is 2. The highest BCUT2D eigenvalue weighted by molar-refractivity contribution is 6.04. The Hall–Kier alpha value is -2.36. The second-order valence-corrected chi connectivity index (χ2v) is 4.44. The quantitative estimate of drug-likeness (QED) is 0.868. The lowest BCUT2D eigenvalue weighted by Gasteiger charge is -2.08. The van der Waals surface area contributed by atoms with Crippen LogP contribution in [0.25, 0.3) is 0 Å². The number of carbonyl (C=O) groups excluding carboxylic acids is 1. The van der Waals surface area contributed by atoms with Crippen LogP contribution in [-0.4, -0.2) is 11.0 Å². The lowest BCUT2D eigenvalue weighted by atomic mass is 10.1. The van der Waals surface area contributed by atoms with Gasteiger partial charge >= 0.3 is 0 Å². The van der Waals surface area contributed by atoms with Gasteiger partial charge in [0.1, 0.15) is 11.6 Å². The van der Waals surface area contributed by atoms with E-state index in [2.05, 4.69) is 5.32 Å². The summed E-state index contributed by atoms with van der Waals surface area (Å²) in [5.41, 5.74) is 1.86. The average molecular weight is 259 g/mol. The van der Waals surface area contributed by atoms with Crippen LogP contribution in [-0.2, 0) is 0 Å². The predicted octanol–water partition coefficient (Wildman–Crippen LogP) is 3.40. The Balaban J connectivity index is 2.23. The normalized spacial score (nSPS) is 10.3. The summed E-state index contributed by atoms with van der Waals surface area (Å²) in [6, 6.07) is 9.15. The van der Waals surface area contributed by atoms with Crippen molar-refractivity contribution in [3.05, 3.63) is 58.9 Å². The van der Waals surface area contributed by atoms with Gasteiger partial charge in [-0.2, -0.15) is 0 Å². The third-order valence-electron chi connectivity index (χ3n) is 2.84. The third kappa shape index (κ3) is 2.91. The molecule has 0 saturated heterocycles. The minimum absolute atomic E-state index is 0.0389. The average Bonchev–Trinajstić information content (AvgIpc) is 2.36. The van der Waals surface area contributed by atoms with Crippen LogP contribution < -0.4 is 5.32 Å². The van der Waals surface area contributed by atoms with E-state index >= 15 is 0 Å². The number of halogens is 1. The number of amides is 1. The van der Waals surface area contributed by atoms with Gasteiger partial charge in [-0.15, -0.1) is 0 Å². The van der Waals surface area contributed by atoms with Crippen LogP contribution in [0.3, 0.4) is 0 Å². The molecule has 0 radical (unpaired) electrons. The summed E-state index contributed by atoms with van der Waals surface area (Å²) in [6.07, 6.45) is 0. The number of hydrogen-bond donors (Lipinski definition) is 2. The first-order valence-corrected chi connectivity index (χ1v) is 5.84. The SMILES string of the molecule is Cc1ccc(NC(=O)c2ccc(C)c(O)c2)c(F)c1. The number of nitrogens with one attached hydrogen (secondary N) is 1. The topological polar surface area (TPSA) is 49.3 Å². The molecule has 2 N–H and O–H groups in total. The summed E-state index contributed by atoms with van der Waals surface area (Å²) in [6.45, 7) is 3.50. The monoisotopic (exact) mass is 259 g/mol. The highest BCUT2D eigenvalue weighted by Crippen LogP contribution is 2.20. The van der Waals surface area contributed by atoms with Gasteiger partial charge in [-0.1, -0.05) is 12.1 Å². The van der Waals surface area contributed by atoms with Gasteiger partial charge in [-0.25, -0.2) is 4.39 Å². The Morgan fingerprint density at radius 3 is 2.53 bits per heavy atom. The van der Waals surface area contributed by atoms with Gasteiger partial charge in [-0.05, 0) is 49.2 Å². The molecule has 19 heavy (non-hydrogen) atoms. The first kappa shape index (κ1) is 13.1. The maximum absolute atomic E-state index is 13.6. The largest absolute Gasteiger partial charge is 0.508 e. The molecule has 2 aromatic rings. The fourth-order valence-corrected chi connectivity index (χ4v) is 1.67. The van der Waals surface area contributed by atoms with Crippen molar-refractivity contribution in [1.82, 2.24) is 0 Å². The Labute approximate surface area is 110 Å².